The second-order valence-electron chi connectivity index (χ2n) is 21.6. The number of phenols is 1. The zero-order chi connectivity index (χ0) is 56.7. The summed E-state index contributed by atoms with van der Waals surface area (Å²) in [5.74, 6) is 2.06. The molecule has 4 aliphatic heterocycles. The van der Waals surface area contributed by atoms with Gasteiger partial charge in [0.25, 0.3) is 0 Å². The van der Waals surface area contributed by atoms with Crippen LogP contribution in [0.4, 0.5) is 42.0 Å². The number of nitrogens with one attached hydrogen (secondary N) is 3. The summed E-state index contributed by atoms with van der Waals surface area (Å²) in [5, 5.41) is 22.6. The monoisotopic (exact) mass is 1100 g/mol. The molecular weight excluding hydrogens is 1040 g/mol. The number of likely N-dealkylation sites (N-methyl/N-ethyl adjacent to an activating group) is 2. The lowest BCUT2D eigenvalue weighted by molar-refractivity contribution is -0.111. The van der Waals surface area contributed by atoms with Crippen molar-refractivity contribution in [1.82, 2.24) is 44.6 Å². The highest BCUT2D eigenvalue weighted by Crippen LogP contribution is 2.43. The van der Waals surface area contributed by atoms with Crippen LogP contribution >= 0.6 is 0 Å². The van der Waals surface area contributed by atoms with Gasteiger partial charge in [-0.05, 0) is 94.2 Å². The third-order valence-electron chi connectivity index (χ3n) is 16.0. The van der Waals surface area contributed by atoms with E-state index >= 15 is 4.39 Å². The quantitative estimate of drug-likeness (QED) is 0.0565. The van der Waals surface area contributed by atoms with Gasteiger partial charge in [0, 0.05) is 117 Å². The fourth-order valence-electron chi connectivity index (χ4n) is 12.0. The van der Waals surface area contributed by atoms with Crippen LogP contribution in [0.3, 0.4) is 0 Å². The van der Waals surface area contributed by atoms with Crippen molar-refractivity contribution in [2.75, 3.05) is 94.6 Å². The number of phenolic OH excluding ortho intramolecular Hbond substituents is 1. The molecule has 4 saturated heterocycles. The predicted octanol–water partition coefficient (Wildman–Crippen LogP) is 9.22. The van der Waals surface area contributed by atoms with Crippen molar-refractivity contribution in [3.8, 4) is 52.4 Å². The van der Waals surface area contributed by atoms with Gasteiger partial charge >= 0.3 is 6.01 Å². The molecule has 0 saturated carbocycles. The number of terminal acetylenes is 1. The number of carbonyl (C=O) groups excluding carboxylic acids is 1. The van der Waals surface area contributed by atoms with E-state index in [1.165, 1.54) is 36.5 Å². The number of anilines is 5. The van der Waals surface area contributed by atoms with Crippen molar-refractivity contribution >= 4 is 67.3 Å². The summed E-state index contributed by atoms with van der Waals surface area (Å²) in [5.41, 5.74) is 4.56. The summed E-state index contributed by atoms with van der Waals surface area (Å²) in [7, 11) is 9.65. The average molecular weight is 1100 g/mol. The Balaban J connectivity index is 0.000000173. The van der Waals surface area contributed by atoms with Crippen LogP contribution in [0.15, 0.2) is 98.0 Å². The first kappa shape index (κ1) is 54.4. The Kier molecular flexibility index (Phi) is 15.2. The maximum absolute atomic E-state index is 16.7. The van der Waals surface area contributed by atoms with Crippen LogP contribution in [0.25, 0.3) is 55.1 Å². The van der Waals surface area contributed by atoms with Gasteiger partial charge < -0.3 is 49.8 Å². The Hall–Kier alpha value is -8.51. The fraction of sp³-hybridized carbons (Fsp3) is 0.344. The maximum atomic E-state index is 16.7. The van der Waals surface area contributed by atoms with Gasteiger partial charge in [0.1, 0.15) is 47.1 Å². The Morgan fingerprint density at radius 3 is 2.56 bits per heavy atom. The van der Waals surface area contributed by atoms with Gasteiger partial charge in [0.15, 0.2) is 5.82 Å². The van der Waals surface area contributed by atoms with E-state index in [0.29, 0.717) is 77.8 Å². The summed E-state index contributed by atoms with van der Waals surface area (Å²) in [6, 6.07) is 19.9. The number of amides is 1. The third kappa shape index (κ3) is 10.8. The summed E-state index contributed by atoms with van der Waals surface area (Å²) >= 11 is 0. The highest BCUT2D eigenvalue weighted by atomic mass is 19.1. The maximum Gasteiger partial charge on any atom is 0.319 e. The summed E-state index contributed by atoms with van der Waals surface area (Å²) in [6.07, 6.45) is 15.6. The van der Waals surface area contributed by atoms with E-state index in [1.54, 1.807) is 13.3 Å². The van der Waals surface area contributed by atoms with Gasteiger partial charge in [0.05, 0.1) is 46.4 Å². The highest BCUT2D eigenvalue weighted by molar-refractivity contribution is 6.04. The van der Waals surface area contributed by atoms with Crippen LogP contribution in [0.5, 0.6) is 17.5 Å². The van der Waals surface area contributed by atoms with E-state index in [1.807, 2.05) is 58.5 Å². The number of aromatic hydroxyl groups is 1. The second kappa shape index (κ2) is 22.6. The first-order valence-corrected chi connectivity index (χ1v) is 27.1. The topological polar surface area (TPSA) is 174 Å². The van der Waals surface area contributed by atoms with Gasteiger partial charge in [-0.1, -0.05) is 36.8 Å². The van der Waals surface area contributed by atoms with Gasteiger partial charge in [-0.3, -0.25) is 14.7 Å². The fourth-order valence-corrected chi connectivity index (χ4v) is 12.0. The zero-order valence-corrected chi connectivity index (χ0v) is 45.9. The molecule has 1 amide bonds. The van der Waals surface area contributed by atoms with Crippen molar-refractivity contribution in [2.24, 2.45) is 7.05 Å². The number of benzene rings is 4. The van der Waals surface area contributed by atoms with Crippen LogP contribution in [-0.2, 0) is 11.8 Å². The van der Waals surface area contributed by atoms with Crippen molar-refractivity contribution < 1.29 is 32.5 Å². The molecular formula is C61H64F3N13O4. The molecule has 4 fully saturated rings. The normalized spacial score (nSPS) is 19.4. The van der Waals surface area contributed by atoms with Crippen LogP contribution < -0.4 is 35.2 Å². The molecule has 8 aromatic rings. The first-order valence-electron chi connectivity index (χ1n) is 27.1. The van der Waals surface area contributed by atoms with E-state index in [9.17, 15) is 18.7 Å². The lowest BCUT2D eigenvalue weighted by atomic mass is 9.95. The molecule has 17 nitrogen and oxygen atoms in total. The molecule has 0 radical (unpaired) electrons. The first-order chi connectivity index (χ1) is 39.1. The number of nitrogens with zero attached hydrogens (tertiary/aromatic N) is 10. The van der Waals surface area contributed by atoms with E-state index in [2.05, 4.69) is 85.9 Å². The van der Waals surface area contributed by atoms with Gasteiger partial charge in [-0.15, -0.1) is 6.42 Å². The molecule has 12 rings (SSSR count). The molecule has 0 aliphatic carbocycles. The number of alkyl halides is 1. The SMILES string of the molecule is C#Cc1c(F)ccc2cc(O)cc(-c3ncc4c(N5CC6CCC(C5)N6)nc(OCC56CCCN5CC(F)C6)nc4c3F)c12.C=CC(=O)Nc1cc(Nc2nccc(-c3cn(C)c4ccccc34)n2)c(OC)cc1N(C)CCN(C)C. The third-order valence-corrected chi connectivity index (χ3v) is 16.0. The summed E-state index contributed by atoms with van der Waals surface area (Å²) in [4.78, 5) is 43.7. The number of aryl methyl sites for hydroxylation is 1. The Morgan fingerprint density at radius 1 is 0.988 bits per heavy atom. The van der Waals surface area contributed by atoms with Gasteiger partial charge in [-0.2, -0.15) is 9.97 Å². The molecule has 4 aromatic carbocycles. The number of rotatable bonds is 15. The number of hydrogen-bond acceptors (Lipinski definition) is 15. The number of ether oxygens (including phenoxy) is 2. The van der Waals surface area contributed by atoms with Gasteiger partial charge in [-0.25, -0.2) is 23.1 Å². The van der Waals surface area contributed by atoms with Crippen LogP contribution in [-0.4, -0.2) is 148 Å². The number of pyridine rings is 1. The Bertz CT molecular complexity index is 3760. The second-order valence-corrected chi connectivity index (χ2v) is 21.6. The summed E-state index contributed by atoms with van der Waals surface area (Å²) in [6.45, 7) is 7.98. The van der Waals surface area contributed by atoms with Crippen LogP contribution in [0, 0.1) is 24.0 Å². The number of aromatic nitrogens is 6. The minimum atomic E-state index is -0.913. The Morgan fingerprint density at radius 2 is 1.79 bits per heavy atom. The molecule has 4 unspecified atom stereocenters. The predicted molar refractivity (Wildman–Crippen MR) is 311 cm³/mol. The molecule has 0 spiro atoms. The lowest BCUT2D eigenvalue weighted by Crippen LogP contribution is -2.51. The standard InChI is InChI=1S/C33H31F3N6O2.C28H33N7O2/c1-2-23-26(35)7-4-18-10-22(43)11-24(27(18)23)29-28(36)30-25(13-37-29)31(41-15-20-5-6-21(16-41)38-20)40-32(39-30)44-17-33-8-3-9-42(33)14-19(34)12-33;1-7-27(36)30-22-16-23(26(37-6)17-25(22)34(4)15-14-33(2)3)32-28-29-13-12-21(31-28)20-18-35(5)24-11-9-8-10-19(20)24/h1,4,7,10-11,13,19-21,38,43H,3,5-6,8-9,12,14-17H2;7-13,16-18H,1,14-15H2,2-6H3,(H,30,36)(H,29,31,32). The average Bonchev–Trinajstić information content (AvgIpc) is 4.29. The minimum absolute atomic E-state index is 0.00778. The number of para-hydroxylation sites is 1. The molecule has 2 bridgehead atoms. The molecule has 4 N–H and O–H groups in total. The largest absolute Gasteiger partial charge is 0.508 e. The molecule has 8 heterocycles. The van der Waals surface area contributed by atoms with Crippen molar-refractivity contribution in [3.63, 3.8) is 0 Å². The van der Waals surface area contributed by atoms with E-state index in [4.69, 9.17) is 25.9 Å². The zero-order valence-electron chi connectivity index (χ0n) is 45.9. The number of fused-ring (bicyclic) bond motifs is 6. The number of piperazine rings is 1. The van der Waals surface area contributed by atoms with Crippen molar-refractivity contribution in [1.29, 1.82) is 0 Å². The number of carbonyl (C=O) groups is 1. The van der Waals surface area contributed by atoms with Crippen molar-refractivity contribution in [2.45, 2.75) is 55.9 Å². The van der Waals surface area contributed by atoms with Crippen molar-refractivity contribution in [3.05, 3.63) is 115 Å². The number of hydrogen-bond donors (Lipinski definition) is 4. The summed E-state index contributed by atoms with van der Waals surface area (Å²) < 4.78 is 60.0. The Labute approximate surface area is 467 Å². The lowest BCUT2D eigenvalue weighted by Gasteiger charge is -2.34. The molecule has 4 atom stereocenters. The van der Waals surface area contributed by atoms with E-state index in [0.717, 1.165) is 73.2 Å². The van der Waals surface area contributed by atoms with Crippen LogP contribution in [0.1, 0.15) is 37.7 Å². The van der Waals surface area contributed by atoms with E-state index < -0.39 is 23.3 Å². The molecule has 4 aliphatic rings. The molecule has 4 aromatic heterocycles. The van der Waals surface area contributed by atoms with Crippen LogP contribution in [0.2, 0.25) is 0 Å². The molecule has 20 heteroatoms. The highest BCUT2D eigenvalue weighted by Gasteiger charge is 2.49. The number of methoxy groups -OCH3 is 1. The number of halogens is 3. The molecule has 81 heavy (non-hydrogen) atoms. The minimum Gasteiger partial charge on any atom is -0.508 e. The smallest absolute Gasteiger partial charge is 0.319 e. The van der Waals surface area contributed by atoms with Gasteiger partial charge in [0.2, 0.25) is 11.9 Å². The molecule has 418 valence electrons. The van der Waals surface area contributed by atoms with E-state index in [-0.39, 0.29) is 52.0 Å².